The first-order chi connectivity index (χ1) is 5.25. The zero-order chi connectivity index (χ0) is 8.27. The summed E-state index contributed by atoms with van der Waals surface area (Å²) in [5, 5.41) is 3.96. The van der Waals surface area contributed by atoms with Crippen LogP contribution in [0.3, 0.4) is 0 Å². The van der Waals surface area contributed by atoms with Crippen LogP contribution in [-0.2, 0) is 6.42 Å². The Kier molecular flexibility index (Phi) is 2.69. The van der Waals surface area contributed by atoms with E-state index in [9.17, 15) is 0 Å². The monoisotopic (exact) mass is 153 g/mol. The van der Waals surface area contributed by atoms with Crippen molar-refractivity contribution in [3.05, 3.63) is 17.5 Å². The Balaban J connectivity index is 2.78. The molecule has 0 bridgehead atoms. The molecule has 0 unspecified atom stereocenters. The molecule has 1 aromatic rings. The van der Waals surface area contributed by atoms with Crippen molar-refractivity contribution in [1.29, 1.82) is 0 Å². The molecule has 11 heavy (non-hydrogen) atoms. The van der Waals surface area contributed by atoms with E-state index < -0.39 is 0 Å². The van der Waals surface area contributed by atoms with E-state index in [0.717, 1.165) is 18.5 Å². The molecule has 0 radical (unpaired) electrons. The van der Waals surface area contributed by atoms with Gasteiger partial charge < -0.3 is 4.52 Å². The minimum absolute atomic E-state index is 0.482. The number of nitrogens with zero attached hydrogens (tertiary/aromatic N) is 1. The van der Waals surface area contributed by atoms with Crippen molar-refractivity contribution in [1.82, 2.24) is 5.16 Å². The molecule has 0 saturated heterocycles. The van der Waals surface area contributed by atoms with E-state index in [4.69, 9.17) is 4.52 Å². The molecule has 2 heteroatoms. The Bertz CT molecular complexity index is 215. The number of aromatic nitrogens is 1. The van der Waals surface area contributed by atoms with Crippen LogP contribution in [0.15, 0.2) is 10.8 Å². The predicted molar refractivity (Wildman–Crippen MR) is 44.6 cm³/mol. The summed E-state index contributed by atoms with van der Waals surface area (Å²) in [4.78, 5) is 0. The van der Waals surface area contributed by atoms with Gasteiger partial charge in [0.1, 0.15) is 6.26 Å². The Hall–Kier alpha value is -0.790. The van der Waals surface area contributed by atoms with Crippen LogP contribution in [0.2, 0.25) is 0 Å². The SMILES string of the molecule is CCCc1conc1C(C)C. The van der Waals surface area contributed by atoms with Gasteiger partial charge in [-0.05, 0) is 12.3 Å². The Morgan fingerprint density at radius 1 is 1.55 bits per heavy atom. The van der Waals surface area contributed by atoms with Crippen molar-refractivity contribution in [3.8, 4) is 0 Å². The number of hydrogen-bond donors (Lipinski definition) is 0. The van der Waals surface area contributed by atoms with Crippen molar-refractivity contribution in [2.45, 2.75) is 39.5 Å². The first-order valence-electron chi connectivity index (χ1n) is 4.18. The molecule has 0 saturated carbocycles. The topological polar surface area (TPSA) is 26.0 Å². The molecule has 0 amide bonds. The summed E-state index contributed by atoms with van der Waals surface area (Å²) in [5.41, 5.74) is 2.38. The highest BCUT2D eigenvalue weighted by atomic mass is 16.5. The van der Waals surface area contributed by atoms with Crippen LogP contribution in [0.4, 0.5) is 0 Å². The third-order valence-electron chi connectivity index (χ3n) is 1.74. The minimum atomic E-state index is 0.482. The zero-order valence-corrected chi connectivity index (χ0v) is 7.42. The number of aryl methyl sites for hydroxylation is 1. The van der Waals surface area contributed by atoms with E-state index in [2.05, 4.69) is 25.9 Å². The largest absolute Gasteiger partial charge is 0.364 e. The average molecular weight is 153 g/mol. The normalized spacial score (nSPS) is 10.9. The summed E-state index contributed by atoms with van der Waals surface area (Å²) < 4.78 is 4.91. The van der Waals surface area contributed by atoms with Crippen molar-refractivity contribution < 1.29 is 4.52 Å². The summed E-state index contributed by atoms with van der Waals surface area (Å²) in [6.45, 7) is 6.44. The molecular formula is C9H15NO. The van der Waals surface area contributed by atoms with Crippen LogP contribution in [-0.4, -0.2) is 5.16 Å². The maximum Gasteiger partial charge on any atom is 0.127 e. The van der Waals surface area contributed by atoms with Crippen LogP contribution < -0.4 is 0 Å². The molecule has 0 N–H and O–H groups in total. The van der Waals surface area contributed by atoms with Crippen molar-refractivity contribution in [2.75, 3.05) is 0 Å². The molecular weight excluding hydrogens is 138 g/mol. The number of rotatable bonds is 3. The maximum atomic E-state index is 4.91. The summed E-state index contributed by atoms with van der Waals surface area (Å²) in [5.74, 6) is 0.482. The van der Waals surface area contributed by atoms with Crippen LogP contribution in [0.25, 0.3) is 0 Å². The number of hydrogen-bond acceptors (Lipinski definition) is 2. The van der Waals surface area contributed by atoms with Gasteiger partial charge in [-0.2, -0.15) is 0 Å². The Morgan fingerprint density at radius 3 is 2.82 bits per heavy atom. The maximum absolute atomic E-state index is 4.91. The molecule has 0 fully saturated rings. The Labute approximate surface area is 67.6 Å². The fourth-order valence-corrected chi connectivity index (χ4v) is 1.20. The molecule has 0 aliphatic carbocycles. The second-order valence-corrected chi connectivity index (χ2v) is 3.13. The minimum Gasteiger partial charge on any atom is -0.364 e. The van der Waals surface area contributed by atoms with Gasteiger partial charge in [0, 0.05) is 5.56 Å². The second-order valence-electron chi connectivity index (χ2n) is 3.13. The lowest BCUT2D eigenvalue weighted by Gasteiger charge is -2.00. The third-order valence-corrected chi connectivity index (χ3v) is 1.74. The summed E-state index contributed by atoms with van der Waals surface area (Å²) >= 11 is 0. The summed E-state index contributed by atoms with van der Waals surface area (Å²) in [6, 6.07) is 0. The van der Waals surface area contributed by atoms with Crippen LogP contribution >= 0.6 is 0 Å². The van der Waals surface area contributed by atoms with E-state index in [1.807, 2.05) is 0 Å². The highest BCUT2D eigenvalue weighted by Crippen LogP contribution is 2.18. The molecule has 0 spiro atoms. The zero-order valence-electron chi connectivity index (χ0n) is 7.42. The van der Waals surface area contributed by atoms with Gasteiger partial charge in [-0.15, -0.1) is 0 Å². The third kappa shape index (κ3) is 1.82. The van der Waals surface area contributed by atoms with Gasteiger partial charge >= 0.3 is 0 Å². The molecule has 0 aliphatic heterocycles. The highest BCUT2D eigenvalue weighted by molar-refractivity contribution is 5.17. The van der Waals surface area contributed by atoms with E-state index in [1.165, 1.54) is 5.56 Å². The Morgan fingerprint density at radius 2 is 2.27 bits per heavy atom. The molecule has 62 valence electrons. The summed E-state index contributed by atoms with van der Waals surface area (Å²) in [6.07, 6.45) is 4.00. The van der Waals surface area contributed by atoms with Crippen molar-refractivity contribution in [2.24, 2.45) is 0 Å². The molecule has 0 aromatic carbocycles. The lowest BCUT2D eigenvalue weighted by atomic mass is 10.0. The molecule has 2 nitrogen and oxygen atoms in total. The van der Waals surface area contributed by atoms with Crippen molar-refractivity contribution in [3.63, 3.8) is 0 Å². The van der Waals surface area contributed by atoms with Gasteiger partial charge in [0.05, 0.1) is 5.69 Å². The molecule has 1 heterocycles. The van der Waals surface area contributed by atoms with Gasteiger partial charge in [-0.1, -0.05) is 32.3 Å². The van der Waals surface area contributed by atoms with Gasteiger partial charge in [-0.3, -0.25) is 0 Å². The van der Waals surface area contributed by atoms with Crippen LogP contribution in [0.5, 0.6) is 0 Å². The van der Waals surface area contributed by atoms with Crippen LogP contribution in [0, 0.1) is 0 Å². The fraction of sp³-hybridized carbons (Fsp3) is 0.667. The highest BCUT2D eigenvalue weighted by Gasteiger charge is 2.09. The molecule has 1 rings (SSSR count). The van der Waals surface area contributed by atoms with Gasteiger partial charge in [-0.25, -0.2) is 0 Å². The first-order valence-corrected chi connectivity index (χ1v) is 4.18. The predicted octanol–water partition coefficient (Wildman–Crippen LogP) is 2.75. The molecule has 0 aliphatic rings. The van der Waals surface area contributed by atoms with E-state index in [0.29, 0.717) is 5.92 Å². The van der Waals surface area contributed by atoms with E-state index in [-0.39, 0.29) is 0 Å². The first kappa shape index (κ1) is 8.31. The second kappa shape index (κ2) is 3.56. The van der Waals surface area contributed by atoms with Gasteiger partial charge in [0.25, 0.3) is 0 Å². The quantitative estimate of drug-likeness (QED) is 0.667. The standard InChI is InChI=1S/C9H15NO/c1-4-5-8-6-11-10-9(8)7(2)3/h6-7H,4-5H2,1-3H3. The lowest BCUT2D eigenvalue weighted by Crippen LogP contribution is -1.93. The molecule has 0 atom stereocenters. The fourth-order valence-electron chi connectivity index (χ4n) is 1.20. The van der Waals surface area contributed by atoms with Gasteiger partial charge in [0.15, 0.2) is 0 Å². The van der Waals surface area contributed by atoms with Crippen molar-refractivity contribution >= 4 is 0 Å². The summed E-state index contributed by atoms with van der Waals surface area (Å²) in [7, 11) is 0. The van der Waals surface area contributed by atoms with E-state index >= 15 is 0 Å². The van der Waals surface area contributed by atoms with Crippen LogP contribution in [0.1, 0.15) is 44.4 Å². The lowest BCUT2D eigenvalue weighted by molar-refractivity contribution is 0.408. The smallest absolute Gasteiger partial charge is 0.127 e. The molecule has 1 aromatic heterocycles. The van der Waals surface area contributed by atoms with E-state index in [1.54, 1.807) is 6.26 Å². The average Bonchev–Trinajstić information content (AvgIpc) is 2.36. The van der Waals surface area contributed by atoms with Gasteiger partial charge in [0.2, 0.25) is 0 Å².